The Hall–Kier alpha value is 1.93. The van der Waals surface area contributed by atoms with E-state index in [9.17, 15) is 49.5 Å². The zero-order valence-electron chi connectivity index (χ0n) is 30.0. The van der Waals surface area contributed by atoms with Crippen LogP contribution in [0.4, 0.5) is 11.4 Å². The molecule has 0 unspecified atom stereocenters. The molecule has 0 aliphatic rings. The topological polar surface area (TPSA) is 227 Å². The minimum Gasteiger partial charge on any atom is -0.488 e. The zero-order valence-corrected chi connectivity index (χ0v) is 45.6. The minimum absolute atomic E-state index is 0. The van der Waals surface area contributed by atoms with Gasteiger partial charge in [0.25, 0.3) is 0 Å². The predicted octanol–water partition coefficient (Wildman–Crippen LogP) is -11.7. The van der Waals surface area contributed by atoms with Crippen LogP contribution in [0.5, 0.6) is 11.5 Å². The van der Waals surface area contributed by atoms with Crippen LogP contribution in [0.15, 0.2) is 60.7 Å². The molecule has 1 heterocycles. The smallest absolute Gasteiger partial charge is 0.488 e. The Bertz CT molecular complexity index is 1830. The number of hydrogen-bond acceptors (Lipinski definition) is 9. The van der Waals surface area contributed by atoms with Gasteiger partial charge in [-0.2, -0.15) is 0 Å². The molecule has 52 heavy (non-hydrogen) atoms. The molecule has 20 heteroatoms. The third-order valence-electron chi connectivity index (χ3n) is 6.84. The fourth-order valence-electron chi connectivity index (χ4n) is 4.88. The number of aromatic nitrogens is 1. The Balaban J connectivity index is 0. The Labute approximate surface area is 511 Å². The second-order valence-electron chi connectivity index (χ2n) is 10.4. The molecular weight excluding hydrogens is 814 g/mol. The molecule has 1 aromatic heterocycles. The molecule has 0 fully saturated rings. The maximum absolute atomic E-state index is 11.6. The van der Waals surface area contributed by atoms with Gasteiger partial charge in [-0.1, -0.05) is 18.2 Å². The number of benzene rings is 3. The van der Waals surface area contributed by atoms with E-state index < -0.39 is 56.0 Å². The van der Waals surface area contributed by atoms with Gasteiger partial charge >= 0.3 is 287 Å². The molecule has 0 bridgehead atoms. The van der Waals surface area contributed by atoms with Crippen LogP contribution in [-0.4, -0.2) is 99.8 Å². The minimum atomic E-state index is -1.27. The molecule has 0 spiro atoms. The number of aliphatic carboxylic acids is 4. The van der Waals surface area contributed by atoms with Crippen molar-refractivity contribution >= 4 is 52.1 Å². The van der Waals surface area contributed by atoms with Crippen LogP contribution in [0.25, 0.3) is 22.2 Å². The molecule has 3 aromatic carbocycles. The first-order valence-electron chi connectivity index (χ1n) is 14.0. The second kappa shape index (κ2) is 27.6. The summed E-state index contributed by atoms with van der Waals surface area (Å²) in [5.74, 6) is -5.77. The number of carbonyl (C=O) groups is 5. The maximum atomic E-state index is 11.6. The van der Waals surface area contributed by atoms with Crippen molar-refractivity contribution in [3.63, 3.8) is 0 Å². The monoisotopic (exact) mass is 844 g/mol. The van der Waals surface area contributed by atoms with Crippen LogP contribution >= 0.6 is 0 Å². The molecule has 246 valence electrons. The number of ether oxygens (including phenoxy) is 2. The Morgan fingerprint density at radius 3 is 1.52 bits per heavy atom. The molecule has 6 N–H and O–H groups in total. The van der Waals surface area contributed by atoms with Crippen LogP contribution in [0.1, 0.15) is 15.9 Å². The number of aromatic carboxylic acids is 1. The van der Waals surface area contributed by atoms with Crippen LogP contribution in [0.3, 0.4) is 0 Å². The number of aromatic amines is 1. The number of H-pyrrole nitrogens is 1. The molecular formula is C32H31K5N3O12+5. The number of carboxylic acid groups (broad SMARTS) is 5. The van der Waals surface area contributed by atoms with Crippen molar-refractivity contribution in [2.75, 3.05) is 49.2 Å². The third-order valence-corrected chi connectivity index (χ3v) is 6.84. The SMILES string of the molecule is Cc1ccc(N(CC(=O)O)CC(=O)O)c(OCCOc2cc(-c3cc4ccc(C(=O)O)cc4[nH]3)ccc2N(CC(=O)O)CC(=O)O)c1.[K+].[K+].[K+].[K+].[K+]. The molecule has 4 aromatic rings. The second-order valence-corrected chi connectivity index (χ2v) is 10.4. The normalized spacial score (nSPS) is 9.71. The molecule has 0 amide bonds. The molecule has 15 nitrogen and oxygen atoms in total. The number of fused-ring (bicyclic) bond motifs is 1. The number of carboxylic acids is 5. The van der Waals surface area contributed by atoms with Crippen LogP contribution < -0.4 is 276 Å². The van der Waals surface area contributed by atoms with Gasteiger partial charge in [-0.3, -0.25) is 19.2 Å². The van der Waals surface area contributed by atoms with Gasteiger partial charge < -0.3 is 49.8 Å². The molecule has 0 radical (unpaired) electrons. The van der Waals surface area contributed by atoms with Crippen molar-refractivity contribution < 1.29 is 316 Å². The van der Waals surface area contributed by atoms with Crippen LogP contribution in [-0.2, 0) is 19.2 Å². The van der Waals surface area contributed by atoms with E-state index in [1.54, 1.807) is 49.4 Å². The van der Waals surface area contributed by atoms with E-state index in [1.807, 2.05) is 0 Å². The van der Waals surface area contributed by atoms with Gasteiger partial charge in [0.1, 0.15) is 50.9 Å². The number of aryl methyl sites for hydroxylation is 1. The molecule has 0 aliphatic heterocycles. The summed E-state index contributed by atoms with van der Waals surface area (Å²) in [6, 6.07) is 16.0. The largest absolute Gasteiger partial charge is 1.00 e. The van der Waals surface area contributed by atoms with Crippen molar-refractivity contribution in [2.24, 2.45) is 0 Å². The standard InChI is InChI=1S/C32H31N3O12.5K/c1-18-2-6-24(34(14-28(36)37)15-29(38)39)26(10-18)46-8-9-47-27-13-20(5-7-25(27)35(16-30(40)41)17-31(42)43)22-11-19-3-4-21(32(44)45)12-23(19)33-22;;;;;/h2-7,10-13,33H,8-9,14-17H2,1H3,(H,36,37)(H,38,39)(H,40,41)(H,42,43)(H,44,45);;;;;/q;5*+1. The fourth-order valence-corrected chi connectivity index (χ4v) is 4.88. The van der Waals surface area contributed by atoms with E-state index in [-0.39, 0.29) is 299 Å². The van der Waals surface area contributed by atoms with Crippen molar-refractivity contribution in [3.05, 3.63) is 71.8 Å². The first kappa shape index (κ1) is 56.0. The van der Waals surface area contributed by atoms with Gasteiger partial charge in [0.2, 0.25) is 0 Å². The average molecular weight is 845 g/mol. The molecule has 0 aliphatic carbocycles. The number of nitrogens with zero attached hydrogens (tertiary/aromatic N) is 2. The molecule has 0 saturated heterocycles. The number of nitrogens with one attached hydrogen (secondary N) is 1. The first-order valence-corrected chi connectivity index (χ1v) is 14.0. The Morgan fingerprint density at radius 1 is 0.596 bits per heavy atom. The quantitative estimate of drug-likeness (QED) is 0.0429. The van der Waals surface area contributed by atoms with Gasteiger partial charge in [-0.05, 0) is 55.0 Å². The summed E-state index contributed by atoms with van der Waals surface area (Å²) in [6.45, 7) is -0.938. The van der Waals surface area contributed by atoms with Crippen molar-refractivity contribution in [1.29, 1.82) is 0 Å². The summed E-state index contributed by atoms with van der Waals surface area (Å²) < 4.78 is 11.9. The van der Waals surface area contributed by atoms with E-state index in [0.717, 1.165) is 20.7 Å². The van der Waals surface area contributed by atoms with E-state index >= 15 is 0 Å². The predicted molar refractivity (Wildman–Crippen MR) is 168 cm³/mol. The third kappa shape index (κ3) is 17.4. The van der Waals surface area contributed by atoms with Gasteiger partial charge in [0.05, 0.1) is 16.9 Å². The molecule has 0 atom stereocenters. The van der Waals surface area contributed by atoms with E-state index in [1.165, 1.54) is 18.2 Å². The van der Waals surface area contributed by atoms with Crippen molar-refractivity contribution in [2.45, 2.75) is 6.92 Å². The Morgan fingerprint density at radius 2 is 1.06 bits per heavy atom. The summed E-state index contributed by atoms with van der Waals surface area (Å²) in [5, 5.41) is 47.6. The summed E-state index contributed by atoms with van der Waals surface area (Å²) in [4.78, 5) is 62.8. The van der Waals surface area contributed by atoms with Gasteiger partial charge in [0, 0.05) is 22.2 Å². The van der Waals surface area contributed by atoms with E-state index in [2.05, 4.69) is 4.98 Å². The molecule has 4 rings (SSSR count). The van der Waals surface area contributed by atoms with Gasteiger partial charge in [0.15, 0.2) is 0 Å². The fraction of sp³-hybridized carbons (Fsp3) is 0.219. The van der Waals surface area contributed by atoms with Crippen molar-refractivity contribution in [1.82, 2.24) is 4.98 Å². The summed E-state index contributed by atoms with van der Waals surface area (Å²) in [5.41, 5.74) is 2.98. The average Bonchev–Trinajstić information content (AvgIpc) is 3.41. The van der Waals surface area contributed by atoms with E-state index in [4.69, 9.17) is 9.47 Å². The van der Waals surface area contributed by atoms with E-state index in [0.29, 0.717) is 16.8 Å². The number of anilines is 2. The van der Waals surface area contributed by atoms with Gasteiger partial charge in [-0.25, -0.2) is 4.79 Å². The summed E-state index contributed by atoms with van der Waals surface area (Å²) in [6.07, 6.45) is 0. The number of hydrogen-bond donors (Lipinski definition) is 6. The Kier molecular flexibility index (Phi) is 29.7. The zero-order chi connectivity index (χ0) is 34.2. The maximum Gasteiger partial charge on any atom is 1.00 e. The summed E-state index contributed by atoms with van der Waals surface area (Å²) >= 11 is 0. The van der Waals surface area contributed by atoms with Crippen LogP contribution in [0, 0.1) is 6.92 Å². The van der Waals surface area contributed by atoms with Gasteiger partial charge in [-0.15, -0.1) is 0 Å². The number of rotatable bonds is 17. The first-order chi connectivity index (χ1) is 22.3. The van der Waals surface area contributed by atoms with Crippen LogP contribution in [0.2, 0.25) is 0 Å². The molecule has 0 saturated carbocycles. The summed E-state index contributed by atoms with van der Waals surface area (Å²) in [7, 11) is 0. The van der Waals surface area contributed by atoms with Crippen molar-refractivity contribution in [3.8, 4) is 22.8 Å².